The molecule has 0 aliphatic carbocycles. The van der Waals surface area contributed by atoms with Crippen molar-refractivity contribution >= 4 is 7.85 Å². The monoisotopic (exact) mass is 176 g/mol. The molecule has 0 aromatic heterocycles. The fraction of sp³-hybridized carbons (Fsp3) is 1.00. The van der Waals surface area contributed by atoms with Gasteiger partial charge < -0.3 is 14.6 Å². The van der Waals surface area contributed by atoms with E-state index in [-0.39, 0.29) is 6.61 Å². The lowest BCUT2D eigenvalue weighted by atomic mass is 9.95. The quantitative estimate of drug-likeness (QED) is 0.572. The third-order valence-electron chi connectivity index (χ3n) is 1.35. The van der Waals surface area contributed by atoms with Gasteiger partial charge in [0.05, 0.1) is 12.7 Å². The van der Waals surface area contributed by atoms with Crippen molar-refractivity contribution in [2.45, 2.75) is 25.1 Å². The Labute approximate surface area is 73.3 Å². The second kappa shape index (κ2) is 6.40. The molecule has 0 rings (SSSR count). The molecular weight excluding hydrogens is 162 g/mol. The van der Waals surface area contributed by atoms with E-state index in [0.29, 0.717) is 0 Å². The number of halogens is 1. The molecule has 0 saturated heterocycles. The molecule has 5 heteroatoms. The average Bonchev–Trinajstić information content (AvgIpc) is 2.03. The van der Waals surface area contributed by atoms with E-state index in [0.717, 1.165) is 0 Å². The van der Waals surface area contributed by atoms with Crippen LogP contribution in [0.5, 0.6) is 0 Å². The number of hydrogen-bond acceptors (Lipinski definition) is 3. The zero-order valence-electron chi connectivity index (χ0n) is 7.37. The van der Waals surface area contributed by atoms with Crippen molar-refractivity contribution in [3.05, 3.63) is 0 Å². The summed E-state index contributed by atoms with van der Waals surface area (Å²) >= 11 is 0. The van der Waals surface area contributed by atoms with Crippen LogP contribution in [-0.4, -0.2) is 51.6 Å². The predicted octanol–water partition coefficient (Wildman–Crippen LogP) is -0.137. The van der Waals surface area contributed by atoms with E-state index in [2.05, 4.69) is 4.74 Å². The molecule has 0 aromatic carbocycles. The average molecular weight is 176 g/mol. The van der Waals surface area contributed by atoms with Crippen LogP contribution in [0.2, 0.25) is 0 Å². The minimum atomic E-state index is -0.860. The van der Waals surface area contributed by atoms with Crippen LogP contribution < -0.4 is 0 Å². The van der Waals surface area contributed by atoms with E-state index in [1.165, 1.54) is 14.0 Å². The minimum absolute atomic E-state index is 0.136. The summed E-state index contributed by atoms with van der Waals surface area (Å²) in [4.78, 5) is 0. The van der Waals surface area contributed by atoms with E-state index < -0.39 is 24.9 Å². The number of rotatable bonds is 6. The predicted molar refractivity (Wildman–Crippen MR) is 43.9 cm³/mol. The first-order chi connectivity index (χ1) is 5.61. The van der Waals surface area contributed by atoms with Crippen LogP contribution >= 0.6 is 0 Å². The Balaban J connectivity index is 3.68. The maximum absolute atomic E-state index is 12.1. The van der Waals surface area contributed by atoms with Gasteiger partial charge in [0.1, 0.15) is 20.6 Å². The summed E-state index contributed by atoms with van der Waals surface area (Å²) in [5.74, 6) is 0. The summed E-state index contributed by atoms with van der Waals surface area (Å²) in [7, 11) is 6.77. The van der Waals surface area contributed by atoms with Crippen molar-refractivity contribution in [2.75, 3.05) is 20.4 Å². The Morgan fingerprint density at radius 1 is 1.58 bits per heavy atom. The minimum Gasteiger partial charge on any atom is -0.392 e. The molecule has 3 nitrogen and oxygen atoms in total. The third-order valence-corrected chi connectivity index (χ3v) is 1.35. The van der Waals surface area contributed by atoms with Gasteiger partial charge in [-0.2, -0.15) is 0 Å². The smallest absolute Gasteiger partial charge is 0.118 e. The maximum Gasteiger partial charge on any atom is 0.118 e. The van der Waals surface area contributed by atoms with Gasteiger partial charge in [-0.1, -0.05) is 0 Å². The fourth-order valence-electron chi connectivity index (χ4n) is 0.642. The van der Waals surface area contributed by atoms with E-state index in [4.69, 9.17) is 17.7 Å². The topological polar surface area (TPSA) is 38.7 Å². The molecular formula is C7H14BFO3. The second-order valence-corrected chi connectivity index (χ2v) is 2.57. The normalized spacial score (nSPS) is 18.7. The number of methoxy groups -OCH3 is 1. The first-order valence-electron chi connectivity index (χ1n) is 3.75. The summed E-state index contributed by atoms with van der Waals surface area (Å²) in [6.45, 7) is 0.942. The lowest BCUT2D eigenvalue weighted by molar-refractivity contribution is -0.0641. The summed E-state index contributed by atoms with van der Waals surface area (Å²) < 4.78 is 21.7. The first kappa shape index (κ1) is 11.9. The van der Waals surface area contributed by atoms with Gasteiger partial charge in [-0.25, -0.2) is 4.39 Å². The van der Waals surface area contributed by atoms with E-state index in [9.17, 15) is 4.39 Å². The van der Waals surface area contributed by atoms with Gasteiger partial charge in [0.2, 0.25) is 0 Å². The standard InChI is InChI=1S/C7H14BFO3/c1-5(10)7(8)12-6(3-9)4-11-2/h5-7,10H,3-4H2,1-2H3/t5-,6+,7?/m1/s1. The van der Waals surface area contributed by atoms with Gasteiger partial charge >= 0.3 is 0 Å². The molecule has 0 saturated carbocycles. The number of ether oxygens (including phenoxy) is 2. The van der Waals surface area contributed by atoms with Crippen molar-refractivity contribution in [3.8, 4) is 0 Å². The van der Waals surface area contributed by atoms with Gasteiger partial charge in [-0.3, -0.25) is 0 Å². The number of aliphatic hydroxyl groups excluding tert-OH is 1. The SMILES string of the molecule is [B]C(O[C@@H](CF)COC)[C@@H](C)O. The summed E-state index contributed by atoms with van der Waals surface area (Å²) in [6.07, 6.45) is -1.50. The lowest BCUT2D eigenvalue weighted by Crippen LogP contribution is -2.34. The van der Waals surface area contributed by atoms with Crippen LogP contribution in [0.15, 0.2) is 0 Å². The first-order valence-corrected chi connectivity index (χ1v) is 3.75. The molecule has 0 spiro atoms. The molecule has 70 valence electrons. The van der Waals surface area contributed by atoms with Crippen LogP contribution in [0.25, 0.3) is 0 Å². The Bertz CT molecular complexity index is 113. The summed E-state index contributed by atoms with van der Waals surface area (Å²) in [5, 5.41) is 8.92. The highest BCUT2D eigenvalue weighted by molar-refractivity contribution is 6.11. The van der Waals surface area contributed by atoms with Crippen molar-refractivity contribution in [1.29, 1.82) is 0 Å². The fourth-order valence-corrected chi connectivity index (χ4v) is 0.642. The lowest BCUT2D eigenvalue weighted by Gasteiger charge is -2.21. The molecule has 0 aliphatic heterocycles. The molecule has 3 atom stereocenters. The van der Waals surface area contributed by atoms with Gasteiger partial charge in [0.25, 0.3) is 0 Å². The van der Waals surface area contributed by atoms with Gasteiger partial charge in [0.15, 0.2) is 0 Å². The highest BCUT2D eigenvalue weighted by Gasteiger charge is 2.15. The molecule has 0 fully saturated rings. The Morgan fingerprint density at radius 3 is 2.50 bits per heavy atom. The third kappa shape index (κ3) is 4.69. The Kier molecular flexibility index (Phi) is 6.33. The Hall–Kier alpha value is -0.125. The van der Waals surface area contributed by atoms with Crippen molar-refractivity contribution in [2.24, 2.45) is 0 Å². The largest absolute Gasteiger partial charge is 0.392 e. The molecule has 0 aliphatic rings. The highest BCUT2D eigenvalue weighted by Crippen LogP contribution is 2.01. The molecule has 0 bridgehead atoms. The Morgan fingerprint density at radius 2 is 2.17 bits per heavy atom. The van der Waals surface area contributed by atoms with E-state index >= 15 is 0 Å². The van der Waals surface area contributed by atoms with Crippen molar-refractivity contribution < 1.29 is 19.0 Å². The summed E-state index contributed by atoms with van der Waals surface area (Å²) in [6, 6.07) is -0.860. The molecule has 2 radical (unpaired) electrons. The second-order valence-electron chi connectivity index (χ2n) is 2.57. The number of alkyl halides is 1. The number of aliphatic hydroxyl groups is 1. The molecule has 0 amide bonds. The number of hydrogen-bond donors (Lipinski definition) is 1. The van der Waals surface area contributed by atoms with Crippen LogP contribution in [-0.2, 0) is 9.47 Å². The van der Waals surface area contributed by atoms with Crippen molar-refractivity contribution in [3.63, 3.8) is 0 Å². The molecule has 0 heterocycles. The van der Waals surface area contributed by atoms with Gasteiger partial charge in [-0.15, -0.1) is 0 Å². The van der Waals surface area contributed by atoms with Crippen LogP contribution in [0, 0.1) is 0 Å². The summed E-state index contributed by atoms with van der Waals surface area (Å²) in [5.41, 5.74) is 0. The zero-order chi connectivity index (χ0) is 9.56. The van der Waals surface area contributed by atoms with E-state index in [1.807, 2.05) is 0 Å². The molecule has 1 unspecified atom stereocenters. The highest BCUT2D eigenvalue weighted by atomic mass is 19.1. The molecule has 12 heavy (non-hydrogen) atoms. The van der Waals surface area contributed by atoms with Crippen molar-refractivity contribution in [1.82, 2.24) is 0 Å². The van der Waals surface area contributed by atoms with Gasteiger partial charge in [-0.05, 0) is 6.92 Å². The molecule has 0 aromatic rings. The molecule has 1 N–H and O–H groups in total. The van der Waals surface area contributed by atoms with Gasteiger partial charge in [0, 0.05) is 13.1 Å². The zero-order valence-corrected chi connectivity index (χ0v) is 7.37. The van der Waals surface area contributed by atoms with Crippen LogP contribution in [0.3, 0.4) is 0 Å². The van der Waals surface area contributed by atoms with E-state index in [1.54, 1.807) is 0 Å². The van der Waals surface area contributed by atoms with Crippen LogP contribution in [0.4, 0.5) is 4.39 Å². The van der Waals surface area contributed by atoms with Crippen LogP contribution in [0.1, 0.15) is 6.92 Å². The maximum atomic E-state index is 12.1.